The molecule has 1 heterocycles. The molecule has 4 N–H and O–H groups in total. The lowest BCUT2D eigenvalue weighted by Crippen LogP contribution is -2.35. The van der Waals surface area contributed by atoms with Crippen LogP contribution in [0.3, 0.4) is 0 Å². The number of likely N-dealkylation sites (N-methyl/N-ethyl adjacent to an activating group) is 1. The van der Waals surface area contributed by atoms with E-state index in [1.165, 1.54) is 0 Å². The van der Waals surface area contributed by atoms with E-state index in [9.17, 15) is 4.79 Å². The van der Waals surface area contributed by atoms with Gasteiger partial charge in [0.1, 0.15) is 0 Å². The largest absolute Gasteiger partial charge is 0.397 e. The molecule has 0 aromatic heterocycles. The SMILES string of the molecule is CCN1C(=O)C(C)(C)c2cc(N)c(N)cc21.Cl.Cl. The number of carbonyl (C=O) groups is 1. The molecule has 0 atom stereocenters. The fraction of sp³-hybridized carbons (Fsp3) is 0.417. The Morgan fingerprint density at radius 2 is 1.67 bits per heavy atom. The maximum atomic E-state index is 12.2. The minimum Gasteiger partial charge on any atom is -0.397 e. The zero-order valence-corrected chi connectivity index (χ0v) is 12.3. The first-order chi connectivity index (χ1) is 7.39. The molecule has 18 heavy (non-hydrogen) atoms. The van der Waals surface area contributed by atoms with Crippen LogP contribution >= 0.6 is 24.8 Å². The van der Waals surface area contributed by atoms with Gasteiger partial charge in [0.25, 0.3) is 0 Å². The van der Waals surface area contributed by atoms with Crippen LogP contribution in [-0.2, 0) is 10.2 Å². The third-order valence-electron chi connectivity index (χ3n) is 3.26. The van der Waals surface area contributed by atoms with Crippen molar-refractivity contribution in [2.24, 2.45) is 0 Å². The summed E-state index contributed by atoms with van der Waals surface area (Å²) in [6.45, 7) is 6.44. The Kier molecular flexibility index (Phi) is 4.91. The van der Waals surface area contributed by atoms with Crippen molar-refractivity contribution in [3.05, 3.63) is 17.7 Å². The van der Waals surface area contributed by atoms with E-state index in [4.69, 9.17) is 11.5 Å². The van der Waals surface area contributed by atoms with Gasteiger partial charge < -0.3 is 16.4 Å². The molecule has 1 aliphatic heterocycles. The van der Waals surface area contributed by atoms with Crippen molar-refractivity contribution in [2.45, 2.75) is 26.2 Å². The normalized spacial score (nSPS) is 15.7. The first-order valence-electron chi connectivity index (χ1n) is 5.41. The number of hydrogen-bond acceptors (Lipinski definition) is 3. The highest BCUT2D eigenvalue weighted by Crippen LogP contribution is 2.43. The molecule has 0 unspecified atom stereocenters. The number of carbonyl (C=O) groups excluding carboxylic acids is 1. The van der Waals surface area contributed by atoms with Crippen molar-refractivity contribution in [3.8, 4) is 0 Å². The van der Waals surface area contributed by atoms with Crippen LogP contribution in [0.2, 0.25) is 0 Å². The molecule has 0 saturated heterocycles. The molecule has 102 valence electrons. The van der Waals surface area contributed by atoms with Gasteiger partial charge in [-0.15, -0.1) is 24.8 Å². The molecule has 0 fully saturated rings. The van der Waals surface area contributed by atoms with Crippen molar-refractivity contribution < 1.29 is 4.79 Å². The van der Waals surface area contributed by atoms with Crippen LogP contribution in [0.5, 0.6) is 0 Å². The van der Waals surface area contributed by atoms with Gasteiger partial charge >= 0.3 is 0 Å². The molecule has 0 bridgehead atoms. The van der Waals surface area contributed by atoms with E-state index in [-0.39, 0.29) is 30.7 Å². The second-order valence-corrected chi connectivity index (χ2v) is 4.67. The molecule has 0 radical (unpaired) electrons. The summed E-state index contributed by atoms with van der Waals surface area (Å²) in [6, 6.07) is 3.61. The first kappa shape index (κ1) is 16.9. The Bertz CT molecular complexity index is 475. The fourth-order valence-electron chi connectivity index (χ4n) is 2.22. The van der Waals surface area contributed by atoms with Crippen molar-refractivity contribution in [1.82, 2.24) is 0 Å². The molecular formula is C12H19Cl2N3O. The van der Waals surface area contributed by atoms with Gasteiger partial charge in [-0.2, -0.15) is 0 Å². The van der Waals surface area contributed by atoms with Crippen molar-refractivity contribution >= 4 is 47.8 Å². The van der Waals surface area contributed by atoms with Crippen LogP contribution in [0.25, 0.3) is 0 Å². The molecule has 0 aliphatic carbocycles. The maximum Gasteiger partial charge on any atom is 0.237 e. The second-order valence-electron chi connectivity index (χ2n) is 4.67. The molecule has 0 saturated carbocycles. The Hall–Kier alpha value is -1.13. The number of nitrogen functional groups attached to an aromatic ring is 2. The predicted molar refractivity (Wildman–Crippen MR) is 80.8 cm³/mol. The Labute approximate surface area is 120 Å². The van der Waals surface area contributed by atoms with E-state index in [0.29, 0.717) is 17.9 Å². The highest BCUT2D eigenvalue weighted by molar-refractivity contribution is 6.08. The number of amides is 1. The zero-order chi connectivity index (χ0) is 12.1. The van der Waals surface area contributed by atoms with Gasteiger partial charge in [-0.25, -0.2) is 0 Å². The number of benzene rings is 1. The smallest absolute Gasteiger partial charge is 0.237 e. The summed E-state index contributed by atoms with van der Waals surface area (Å²) >= 11 is 0. The topological polar surface area (TPSA) is 72.3 Å². The molecule has 1 amide bonds. The number of anilines is 3. The van der Waals surface area contributed by atoms with Crippen LogP contribution in [0, 0.1) is 0 Å². The van der Waals surface area contributed by atoms with Crippen LogP contribution in [0.1, 0.15) is 26.3 Å². The molecule has 1 aromatic carbocycles. The molecule has 6 heteroatoms. The number of nitrogens with zero attached hydrogens (tertiary/aromatic N) is 1. The quantitative estimate of drug-likeness (QED) is 0.780. The molecule has 0 spiro atoms. The molecule has 2 rings (SSSR count). The van der Waals surface area contributed by atoms with Crippen LogP contribution in [0.4, 0.5) is 17.1 Å². The van der Waals surface area contributed by atoms with Crippen molar-refractivity contribution in [1.29, 1.82) is 0 Å². The Morgan fingerprint density at radius 3 is 2.17 bits per heavy atom. The Morgan fingerprint density at radius 1 is 1.17 bits per heavy atom. The predicted octanol–water partition coefficient (Wildman–Crippen LogP) is 2.34. The first-order valence-corrected chi connectivity index (χ1v) is 5.41. The van der Waals surface area contributed by atoms with Crippen molar-refractivity contribution in [2.75, 3.05) is 22.9 Å². The zero-order valence-electron chi connectivity index (χ0n) is 10.7. The van der Waals surface area contributed by atoms with Crippen LogP contribution in [0.15, 0.2) is 12.1 Å². The number of halogens is 2. The summed E-state index contributed by atoms with van der Waals surface area (Å²) in [6.07, 6.45) is 0. The molecule has 4 nitrogen and oxygen atoms in total. The standard InChI is InChI=1S/C12H17N3O.2ClH/c1-4-15-10-6-9(14)8(13)5-7(10)12(2,3)11(15)16;;/h5-6H,4,13-14H2,1-3H3;2*1H. The van der Waals surface area contributed by atoms with E-state index in [1.807, 2.05) is 26.8 Å². The minimum absolute atomic E-state index is 0. The lowest BCUT2D eigenvalue weighted by molar-refractivity contribution is -0.122. The summed E-state index contributed by atoms with van der Waals surface area (Å²) in [5.41, 5.74) is 14.0. The third-order valence-corrected chi connectivity index (χ3v) is 3.26. The Balaban J connectivity index is 0.00000144. The number of nitrogens with two attached hydrogens (primary N) is 2. The molecule has 1 aliphatic rings. The summed E-state index contributed by atoms with van der Waals surface area (Å²) in [5.74, 6) is 0.106. The van der Waals surface area contributed by atoms with Gasteiger partial charge in [-0.1, -0.05) is 0 Å². The average molecular weight is 292 g/mol. The minimum atomic E-state index is -0.507. The fourth-order valence-corrected chi connectivity index (χ4v) is 2.22. The summed E-state index contributed by atoms with van der Waals surface area (Å²) in [7, 11) is 0. The molecular weight excluding hydrogens is 273 g/mol. The lowest BCUT2D eigenvalue weighted by atomic mass is 9.86. The summed E-state index contributed by atoms with van der Waals surface area (Å²) < 4.78 is 0. The summed E-state index contributed by atoms with van der Waals surface area (Å²) in [4.78, 5) is 13.9. The van der Waals surface area contributed by atoms with Gasteiger partial charge in [0.05, 0.1) is 22.5 Å². The van der Waals surface area contributed by atoms with Gasteiger partial charge in [-0.05, 0) is 38.5 Å². The van der Waals surface area contributed by atoms with Gasteiger partial charge in [0.2, 0.25) is 5.91 Å². The van der Waals surface area contributed by atoms with E-state index in [1.54, 1.807) is 11.0 Å². The van der Waals surface area contributed by atoms with Gasteiger partial charge in [-0.3, -0.25) is 4.79 Å². The van der Waals surface area contributed by atoms with E-state index in [2.05, 4.69) is 0 Å². The van der Waals surface area contributed by atoms with E-state index >= 15 is 0 Å². The maximum absolute atomic E-state index is 12.2. The van der Waals surface area contributed by atoms with E-state index < -0.39 is 5.41 Å². The third kappa shape index (κ3) is 2.10. The number of fused-ring (bicyclic) bond motifs is 1. The number of hydrogen-bond donors (Lipinski definition) is 2. The van der Waals surface area contributed by atoms with E-state index in [0.717, 1.165) is 11.3 Å². The van der Waals surface area contributed by atoms with Gasteiger partial charge in [0.15, 0.2) is 0 Å². The highest BCUT2D eigenvalue weighted by Gasteiger charge is 2.43. The highest BCUT2D eigenvalue weighted by atomic mass is 35.5. The monoisotopic (exact) mass is 291 g/mol. The molecule has 1 aromatic rings. The average Bonchev–Trinajstić information content (AvgIpc) is 2.39. The van der Waals surface area contributed by atoms with Crippen LogP contribution < -0.4 is 16.4 Å². The van der Waals surface area contributed by atoms with Crippen LogP contribution in [-0.4, -0.2) is 12.5 Å². The van der Waals surface area contributed by atoms with Crippen molar-refractivity contribution in [3.63, 3.8) is 0 Å². The lowest BCUT2D eigenvalue weighted by Gasteiger charge is -2.18. The van der Waals surface area contributed by atoms with Gasteiger partial charge in [0, 0.05) is 6.54 Å². The summed E-state index contributed by atoms with van der Waals surface area (Å²) in [5, 5.41) is 0. The second kappa shape index (κ2) is 5.24. The number of rotatable bonds is 1.